The SMILES string of the molecule is Cn1cccc1C(=O)OCCOc1ccccc1F. The van der Waals surface area contributed by atoms with Gasteiger partial charge in [0.05, 0.1) is 0 Å². The lowest BCUT2D eigenvalue weighted by Gasteiger charge is -2.08. The number of hydrogen-bond donors (Lipinski definition) is 0. The first kappa shape index (κ1) is 13.1. The number of rotatable bonds is 5. The van der Waals surface area contributed by atoms with Crippen LogP contribution in [-0.4, -0.2) is 23.8 Å². The van der Waals surface area contributed by atoms with Crippen LogP contribution in [0, 0.1) is 5.82 Å². The Balaban J connectivity index is 1.77. The molecule has 2 aromatic rings. The van der Waals surface area contributed by atoms with Gasteiger partial charge in [-0.1, -0.05) is 12.1 Å². The highest BCUT2D eigenvalue weighted by atomic mass is 19.1. The van der Waals surface area contributed by atoms with Crippen molar-refractivity contribution in [2.24, 2.45) is 7.05 Å². The topological polar surface area (TPSA) is 40.5 Å². The number of carbonyl (C=O) groups is 1. The Kier molecular flexibility index (Phi) is 4.18. The minimum absolute atomic E-state index is 0.0678. The minimum atomic E-state index is -0.434. The largest absolute Gasteiger partial charge is 0.487 e. The lowest BCUT2D eigenvalue weighted by Crippen LogP contribution is -2.14. The summed E-state index contributed by atoms with van der Waals surface area (Å²) in [4.78, 5) is 11.6. The predicted octanol–water partition coefficient (Wildman–Crippen LogP) is 2.40. The number of para-hydroxylation sites is 1. The second kappa shape index (κ2) is 6.04. The van der Waals surface area contributed by atoms with E-state index in [0.717, 1.165) is 0 Å². The number of benzene rings is 1. The van der Waals surface area contributed by atoms with Crippen molar-refractivity contribution in [3.8, 4) is 5.75 Å². The molecule has 100 valence electrons. The molecule has 0 N–H and O–H groups in total. The quantitative estimate of drug-likeness (QED) is 0.614. The maximum Gasteiger partial charge on any atom is 0.355 e. The van der Waals surface area contributed by atoms with Crippen molar-refractivity contribution < 1.29 is 18.7 Å². The molecule has 4 nitrogen and oxygen atoms in total. The van der Waals surface area contributed by atoms with Gasteiger partial charge in [-0.15, -0.1) is 0 Å². The van der Waals surface area contributed by atoms with E-state index in [1.54, 1.807) is 42.1 Å². The van der Waals surface area contributed by atoms with E-state index < -0.39 is 11.8 Å². The van der Waals surface area contributed by atoms with Gasteiger partial charge in [0, 0.05) is 13.2 Å². The molecule has 0 bridgehead atoms. The molecule has 0 spiro atoms. The third-order valence-corrected chi connectivity index (χ3v) is 2.56. The first-order chi connectivity index (χ1) is 9.18. The van der Waals surface area contributed by atoms with Gasteiger partial charge in [0.25, 0.3) is 0 Å². The summed E-state index contributed by atoms with van der Waals surface area (Å²) in [5.41, 5.74) is 0.464. The molecule has 0 fully saturated rings. The van der Waals surface area contributed by atoms with Crippen molar-refractivity contribution in [2.75, 3.05) is 13.2 Å². The van der Waals surface area contributed by atoms with Crippen LogP contribution in [-0.2, 0) is 11.8 Å². The molecule has 0 aliphatic carbocycles. The molecule has 0 saturated carbocycles. The first-order valence-corrected chi connectivity index (χ1v) is 5.84. The zero-order valence-corrected chi connectivity index (χ0v) is 10.5. The van der Waals surface area contributed by atoms with Crippen LogP contribution in [0.5, 0.6) is 5.75 Å². The van der Waals surface area contributed by atoms with Crippen molar-refractivity contribution >= 4 is 5.97 Å². The number of hydrogen-bond acceptors (Lipinski definition) is 3. The van der Waals surface area contributed by atoms with Crippen LogP contribution in [0.3, 0.4) is 0 Å². The van der Waals surface area contributed by atoms with Gasteiger partial charge < -0.3 is 14.0 Å². The lowest BCUT2D eigenvalue weighted by atomic mass is 10.3. The fraction of sp³-hybridized carbons (Fsp3) is 0.214. The second-order valence-electron chi connectivity index (χ2n) is 3.92. The van der Waals surface area contributed by atoms with E-state index in [1.165, 1.54) is 12.1 Å². The molecular weight excluding hydrogens is 249 g/mol. The van der Waals surface area contributed by atoms with Gasteiger partial charge in [0.15, 0.2) is 11.6 Å². The van der Waals surface area contributed by atoms with Gasteiger partial charge in [-0.25, -0.2) is 9.18 Å². The van der Waals surface area contributed by atoms with Crippen molar-refractivity contribution in [1.29, 1.82) is 0 Å². The van der Waals surface area contributed by atoms with E-state index in [1.807, 2.05) is 0 Å². The molecule has 1 aromatic carbocycles. The van der Waals surface area contributed by atoms with Gasteiger partial charge in [-0.2, -0.15) is 0 Å². The van der Waals surface area contributed by atoms with Crippen LogP contribution in [0.1, 0.15) is 10.5 Å². The number of carbonyl (C=O) groups excluding carboxylic acids is 1. The van der Waals surface area contributed by atoms with Crippen LogP contribution in [0.4, 0.5) is 4.39 Å². The fourth-order valence-electron chi connectivity index (χ4n) is 1.59. The molecule has 0 saturated heterocycles. The average molecular weight is 263 g/mol. The molecule has 1 heterocycles. The molecule has 2 rings (SSSR count). The maximum absolute atomic E-state index is 13.2. The summed E-state index contributed by atoms with van der Waals surface area (Å²) in [5.74, 6) is -0.710. The third-order valence-electron chi connectivity index (χ3n) is 2.56. The summed E-state index contributed by atoms with van der Waals surface area (Å²) in [6.45, 7) is 0.176. The van der Waals surface area contributed by atoms with E-state index in [9.17, 15) is 9.18 Å². The summed E-state index contributed by atoms with van der Waals surface area (Å²) in [5, 5.41) is 0. The Morgan fingerprint density at radius 1 is 1.21 bits per heavy atom. The van der Waals surface area contributed by atoms with Gasteiger partial charge >= 0.3 is 5.97 Å². The highest BCUT2D eigenvalue weighted by molar-refractivity contribution is 5.87. The molecule has 19 heavy (non-hydrogen) atoms. The molecule has 1 aromatic heterocycles. The number of aryl methyl sites for hydroxylation is 1. The van der Waals surface area contributed by atoms with Gasteiger partial charge in [0.2, 0.25) is 0 Å². The van der Waals surface area contributed by atoms with E-state index in [2.05, 4.69) is 0 Å². The zero-order valence-electron chi connectivity index (χ0n) is 10.5. The summed E-state index contributed by atoms with van der Waals surface area (Å²) in [7, 11) is 1.76. The number of esters is 1. The van der Waals surface area contributed by atoms with Crippen molar-refractivity contribution in [3.05, 3.63) is 54.1 Å². The summed E-state index contributed by atoms with van der Waals surface area (Å²) >= 11 is 0. The number of ether oxygens (including phenoxy) is 2. The van der Waals surface area contributed by atoms with Crippen LogP contribution in [0.25, 0.3) is 0 Å². The summed E-state index contributed by atoms with van der Waals surface area (Å²) in [6.07, 6.45) is 1.76. The van der Waals surface area contributed by atoms with Crippen LogP contribution < -0.4 is 4.74 Å². The maximum atomic E-state index is 13.2. The predicted molar refractivity (Wildman–Crippen MR) is 67.6 cm³/mol. The van der Waals surface area contributed by atoms with Crippen molar-refractivity contribution in [3.63, 3.8) is 0 Å². The Morgan fingerprint density at radius 3 is 2.68 bits per heavy atom. The minimum Gasteiger partial charge on any atom is -0.487 e. The molecular formula is C14H14FNO3. The summed E-state index contributed by atoms with van der Waals surface area (Å²) < 4.78 is 25.1. The molecule has 0 radical (unpaired) electrons. The van der Waals surface area contributed by atoms with E-state index in [4.69, 9.17) is 9.47 Å². The monoisotopic (exact) mass is 263 g/mol. The molecule has 0 atom stereocenters. The Bertz CT molecular complexity index is 565. The first-order valence-electron chi connectivity index (χ1n) is 5.84. The van der Waals surface area contributed by atoms with Crippen molar-refractivity contribution in [1.82, 2.24) is 4.57 Å². The van der Waals surface area contributed by atoms with Gasteiger partial charge in [-0.05, 0) is 24.3 Å². The van der Waals surface area contributed by atoms with Gasteiger partial charge in [0.1, 0.15) is 18.9 Å². The number of aromatic nitrogens is 1. The third kappa shape index (κ3) is 3.34. The Morgan fingerprint density at radius 2 is 2.00 bits per heavy atom. The fourth-order valence-corrected chi connectivity index (χ4v) is 1.59. The second-order valence-corrected chi connectivity index (χ2v) is 3.92. The highest BCUT2D eigenvalue weighted by Gasteiger charge is 2.10. The molecule has 0 unspecified atom stereocenters. The summed E-state index contributed by atoms with van der Waals surface area (Å²) in [6, 6.07) is 9.51. The van der Waals surface area contributed by atoms with Crippen LogP contribution in [0.15, 0.2) is 42.6 Å². The average Bonchev–Trinajstić information content (AvgIpc) is 2.82. The van der Waals surface area contributed by atoms with E-state index in [0.29, 0.717) is 5.69 Å². The normalized spacial score (nSPS) is 10.2. The van der Waals surface area contributed by atoms with Crippen LogP contribution in [0.2, 0.25) is 0 Å². The number of nitrogens with zero attached hydrogens (tertiary/aromatic N) is 1. The van der Waals surface area contributed by atoms with Gasteiger partial charge in [-0.3, -0.25) is 0 Å². The highest BCUT2D eigenvalue weighted by Crippen LogP contribution is 2.14. The molecule has 0 aliphatic heterocycles. The molecule has 0 amide bonds. The Labute approximate surface area is 110 Å². The number of halogens is 1. The van der Waals surface area contributed by atoms with Crippen LogP contribution >= 0.6 is 0 Å². The molecule has 5 heteroatoms. The standard InChI is InChI=1S/C14H14FNO3/c1-16-8-4-6-12(16)14(17)19-10-9-18-13-7-3-2-5-11(13)15/h2-8H,9-10H2,1H3. The lowest BCUT2D eigenvalue weighted by molar-refractivity contribution is 0.0437. The molecule has 0 aliphatic rings. The van der Waals surface area contributed by atoms with Crippen molar-refractivity contribution in [2.45, 2.75) is 0 Å². The zero-order chi connectivity index (χ0) is 13.7. The van der Waals surface area contributed by atoms with E-state index >= 15 is 0 Å². The Hall–Kier alpha value is -2.30. The smallest absolute Gasteiger partial charge is 0.355 e. The van der Waals surface area contributed by atoms with E-state index in [-0.39, 0.29) is 19.0 Å².